The van der Waals surface area contributed by atoms with Gasteiger partial charge >= 0.3 is 0 Å². The lowest BCUT2D eigenvalue weighted by atomic mass is 10.0. The summed E-state index contributed by atoms with van der Waals surface area (Å²) < 4.78 is 13.0. The summed E-state index contributed by atoms with van der Waals surface area (Å²) in [6, 6.07) is 4.82. The lowest BCUT2D eigenvalue weighted by Crippen LogP contribution is -2.31. The van der Waals surface area contributed by atoms with E-state index < -0.39 is 5.82 Å². The van der Waals surface area contributed by atoms with Crippen molar-refractivity contribution >= 4 is 0 Å². The van der Waals surface area contributed by atoms with Crippen molar-refractivity contribution in [2.24, 2.45) is 5.92 Å². The Balaban J connectivity index is 1.98. The molecule has 1 aliphatic rings. The molecule has 0 heterocycles. The molecule has 1 saturated carbocycles. The minimum Gasteiger partial charge on any atom is -0.508 e. The smallest absolute Gasteiger partial charge is 0.126 e. The molecule has 0 spiro atoms. The van der Waals surface area contributed by atoms with E-state index in [9.17, 15) is 9.50 Å². The van der Waals surface area contributed by atoms with Crippen LogP contribution in [0.4, 0.5) is 4.39 Å². The van der Waals surface area contributed by atoms with Gasteiger partial charge < -0.3 is 10.4 Å². The molecule has 1 aromatic rings. The Morgan fingerprint density at radius 2 is 2.05 bits per heavy atom. The molecule has 1 aliphatic carbocycles. The maximum Gasteiger partial charge on any atom is 0.126 e. The van der Waals surface area contributed by atoms with E-state index in [4.69, 9.17) is 0 Å². The Labute approximate surface area is 115 Å². The topological polar surface area (TPSA) is 32.3 Å². The minimum absolute atomic E-state index is 0.0435. The molecule has 0 amide bonds. The van der Waals surface area contributed by atoms with Gasteiger partial charge in [-0.2, -0.15) is 0 Å². The summed E-state index contributed by atoms with van der Waals surface area (Å²) in [5.41, 5.74) is 0.777. The van der Waals surface area contributed by atoms with Crippen LogP contribution in [0.3, 0.4) is 0 Å². The van der Waals surface area contributed by atoms with Gasteiger partial charge in [0.1, 0.15) is 11.6 Å². The summed E-state index contributed by atoms with van der Waals surface area (Å²) in [6.07, 6.45) is 6.22. The molecule has 0 aromatic heterocycles. The molecule has 0 aliphatic heterocycles. The molecule has 0 bridgehead atoms. The number of phenolic OH excluding ortho intramolecular Hbond substituents is 1. The first-order valence-electron chi connectivity index (χ1n) is 7.30. The number of phenols is 1. The monoisotopic (exact) mass is 265 g/mol. The highest BCUT2D eigenvalue weighted by molar-refractivity contribution is 5.34. The number of hydrogen-bond acceptors (Lipinski definition) is 2. The van der Waals surface area contributed by atoms with Crippen LogP contribution < -0.4 is 5.32 Å². The lowest BCUT2D eigenvalue weighted by molar-refractivity contribution is 0.393. The van der Waals surface area contributed by atoms with Crippen molar-refractivity contribution in [2.45, 2.75) is 58.0 Å². The Bertz CT molecular complexity index is 421. The molecule has 2 rings (SSSR count). The number of nitrogens with one attached hydrogen (secondary N) is 1. The Morgan fingerprint density at radius 3 is 2.79 bits per heavy atom. The zero-order chi connectivity index (χ0) is 13.8. The molecule has 2 N–H and O–H groups in total. The summed E-state index contributed by atoms with van der Waals surface area (Å²) in [5, 5.41) is 13.4. The average molecular weight is 265 g/mol. The van der Waals surface area contributed by atoms with Gasteiger partial charge in [0.05, 0.1) is 0 Å². The highest BCUT2D eigenvalue weighted by atomic mass is 19.1. The molecule has 106 valence electrons. The fraction of sp³-hybridized carbons (Fsp3) is 0.625. The zero-order valence-corrected chi connectivity index (χ0v) is 11.8. The van der Waals surface area contributed by atoms with Crippen LogP contribution in [0.5, 0.6) is 5.75 Å². The van der Waals surface area contributed by atoms with Crippen molar-refractivity contribution in [3.63, 3.8) is 0 Å². The van der Waals surface area contributed by atoms with E-state index in [2.05, 4.69) is 12.2 Å². The molecule has 3 atom stereocenters. The van der Waals surface area contributed by atoms with Gasteiger partial charge in [0.2, 0.25) is 0 Å². The first kappa shape index (κ1) is 14.3. The van der Waals surface area contributed by atoms with Crippen molar-refractivity contribution < 1.29 is 9.50 Å². The first-order chi connectivity index (χ1) is 9.06. The van der Waals surface area contributed by atoms with Gasteiger partial charge in [0.15, 0.2) is 0 Å². The van der Waals surface area contributed by atoms with Gasteiger partial charge in [0.25, 0.3) is 0 Å². The first-order valence-corrected chi connectivity index (χ1v) is 7.30. The van der Waals surface area contributed by atoms with Gasteiger partial charge in [-0.1, -0.05) is 25.8 Å². The Kier molecular flexibility index (Phi) is 4.81. The van der Waals surface area contributed by atoms with E-state index in [0.717, 1.165) is 11.5 Å². The Morgan fingerprint density at radius 1 is 1.26 bits per heavy atom. The van der Waals surface area contributed by atoms with E-state index >= 15 is 0 Å². The molecule has 19 heavy (non-hydrogen) atoms. The second-order valence-corrected chi connectivity index (χ2v) is 5.90. The van der Waals surface area contributed by atoms with Gasteiger partial charge in [-0.3, -0.25) is 0 Å². The fourth-order valence-electron chi connectivity index (χ4n) is 2.98. The van der Waals surface area contributed by atoms with Crippen LogP contribution in [0.1, 0.15) is 57.6 Å². The molecule has 3 heteroatoms. The molecule has 1 fully saturated rings. The number of halogens is 1. The van der Waals surface area contributed by atoms with E-state index in [1.807, 2.05) is 6.92 Å². The Hall–Kier alpha value is -1.09. The van der Waals surface area contributed by atoms with Crippen LogP contribution in [-0.4, -0.2) is 11.1 Å². The van der Waals surface area contributed by atoms with Crippen molar-refractivity contribution in [3.05, 3.63) is 29.6 Å². The van der Waals surface area contributed by atoms with E-state index in [0.29, 0.717) is 6.04 Å². The summed E-state index contributed by atoms with van der Waals surface area (Å²) in [6.45, 7) is 4.35. The van der Waals surface area contributed by atoms with Crippen LogP contribution >= 0.6 is 0 Å². The third-order valence-corrected chi connectivity index (χ3v) is 4.20. The van der Waals surface area contributed by atoms with Gasteiger partial charge in [-0.25, -0.2) is 4.39 Å². The van der Waals surface area contributed by atoms with Gasteiger partial charge in [-0.05, 0) is 38.2 Å². The lowest BCUT2D eigenvalue weighted by Gasteiger charge is -2.23. The number of rotatable bonds is 3. The predicted molar refractivity (Wildman–Crippen MR) is 75.7 cm³/mol. The molecule has 2 nitrogen and oxygen atoms in total. The third kappa shape index (κ3) is 3.93. The van der Waals surface area contributed by atoms with Crippen molar-refractivity contribution in [2.75, 3.05) is 0 Å². The van der Waals surface area contributed by atoms with Crippen molar-refractivity contribution in [1.82, 2.24) is 5.32 Å². The van der Waals surface area contributed by atoms with Crippen LogP contribution in [0.15, 0.2) is 18.2 Å². The molecule has 3 unspecified atom stereocenters. The van der Waals surface area contributed by atoms with E-state index in [1.54, 1.807) is 6.07 Å². The quantitative estimate of drug-likeness (QED) is 0.805. The van der Waals surface area contributed by atoms with Crippen LogP contribution in [0.25, 0.3) is 0 Å². The largest absolute Gasteiger partial charge is 0.508 e. The average Bonchev–Trinajstić information content (AvgIpc) is 2.54. The fourth-order valence-corrected chi connectivity index (χ4v) is 2.98. The molecular formula is C16H24FNO. The highest BCUT2D eigenvalue weighted by Gasteiger charge is 2.19. The molecule has 0 saturated heterocycles. The molecular weight excluding hydrogens is 241 g/mol. The van der Waals surface area contributed by atoms with Crippen molar-refractivity contribution in [1.29, 1.82) is 0 Å². The minimum atomic E-state index is -0.392. The SMILES string of the molecule is CC1CCCC(NC(C)c2ccc(F)cc2O)CC1. The summed E-state index contributed by atoms with van der Waals surface area (Å²) >= 11 is 0. The van der Waals surface area contributed by atoms with E-state index in [-0.39, 0.29) is 11.8 Å². The summed E-state index contributed by atoms with van der Waals surface area (Å²) in [7, 11) is 0. The standard InChI is InChI=1S/C16H24FNO/c1-11-4-3-5-14(8-6-11)18-12(2)15-9-7-13(17)10-16(15)19/h7,9-12,14,18-19H,3-6,8H2,1-2H3. The normalized spacial score (nSPS) is 25.8. The number of aromatic hydroxyl groups is 1. The third-order valence-electron chi connectivity index (χ3n) is 4.20. The maximum atomic E-state index is 13.0. The van der Waals surface area contributed by atoms with Crippen LogP contribution in [-0.2, 0) is 0 Å². The second-order valence-electron chi connectivity index (χ2n) is 5.90. The van der Waals surface area contributed by atoms with Gasteiger partial charge in [0, 0.05) is 23.7 Å². The van der Waals surface area contributed by atoms with E-state index in [1.165, 1.54) is 44.2 Å². The van der Waals surface area contributed by atoms with Crippen molar-refractivity contribution in [3.8, 4) is 5.75 Å². The zero-order valence-electron chi connectivity index (χ0n) is 11.8. The molecule has 0 radical (unpaired) electrons. The molecule has 1 aromatic carbocycles. The van der Waals surface area contributed by atoms with Crippen LogP contribution in [0.2, 0.25) is 0 Å². The predicted octanol–water partition coefficient (Wildman–Crippen LogP) is 4.15. The highest BCUT2D eigenvalue weighted by Crippen LogP contribution is 2.28. The summed E-state index contributed by atoms with van der Waals surface area (Å²) in [4.78, 5) is 0. The van der Waals surface area contributed by atoms with Crippen LogP contribution in [0, 0.1) is 11.7 Å². The summed E-state index contributed by atoms with van der Waals surface area (Å²) in [5.74, 6) is 0.472. The number of hydrogen-bond donors (Lipinski definition) is 2. The second kappa shape index (κ2) is 6.38. The number of benzene rings is 1. The van der Waals surface area contributed by atoms with Gasteiger partial charge in [-0.15, -0.1) is 0 Å². The maximum absolute atomic E-state index is 13.0.